The summed E-state index contributed by atoms with van der Waals surface area (Å²) in [4.78, 5) is 2.33. The first kappa shape index (κ1) is 12.9. The molecule has 3 nitrogen and oxygen atoms in total. The standard InChI is InChI=1S/C12H25NO2/c1-3-8-15-12-6-5-7-13(10-12)9-11(14)4-2/h11-12,14H,3-10H2,1-2H3/t11-,12?/m1/s1. The first-order valence-corrected chi connectivity index (χ1v) is 6.28. The van der Waals surface area contributed by atoms with Crippen molar-refractivity contribution in [3.8, 4) is 0 Å². The zero-order valence-electron chi connectivity index (χ0n) is 10.1. The fraction of sp³-hybridized carbons (Fsp3) is 1.00. The van der Waals surface area contributed by atoms with E-state index in [1.807, 2.05) is 6.92 Å². The molecule has 2 atom stereocenters. The van der Waals surface area contributed by atoms with Crippen molar-refractivity contribution in [2.75, 3.05) is 26.2 Å². The molecule has 1 heterocycles. The van der Waals surface area contributed by atoms with Gasteiger partial charge in [0.1, 0.15) is 0 Å². The van der Waals surface area contributed by atoms with Gasteiger partial charge in [0.2, 0.25) is 0 Å². The zero-order chi connectivity index (χ0) is 11.1. The molecule has 0 bridgehead atoms. The Bertz CT molecular complexity index is 164. The second-order valence-electron chi connectivity index (χ2n) is 4.46. The van der Waals surface area contributed by atoms with Crippen LogP contribution in [0.25, 0.3) is 0 Å². The van der Waals surface area contributed by atoms with E-state index >= 15 is 0 Å². The van der Waals surface area contributed by atoms with Crippen LogP contribution in [-0.2, 0) is 4.74 Å². The van der Waals surface area contributed by atoms with E-state index in [9.17, 15) is 5.11 Å². The van der Waals surface area contributed by atoms with E-state index < -0.39 is 0 Å². The molecule has 0 spiro atoms. The molecule has 0 radical (unpaired) electrons. The van der Waals surface area contributed by atoms with E-state index in [1.165, 1.54) is 12.8 Å². The first-order chi connectivity index (χ1) is 7.26. The molecule has 0 amide bonds. The van der Waals surface area contributed by atoms with Crippen molar-refractivity contribution in [3.63, 3.8) is 0 Å². The lowest BCUT2D eigenvalue weighted by Gasteiger charge is -2.33. The molecule has 0 aromatic rings. The third-order valence-corrected chi connectivity index (χ3v) is 2.96. The van der Waals surface area contributed by atoms with Crippen molar-refractivity contribution in [1.82, 2.24) is 4.90 Å². The topological polar surface area (TPSA) is 32.7 Å². The van der Waals surface area contributed by atoms with Crippen LogP contribution in [-0.4, -0.2) is 48.5 Å². The second kappa shape index (κ2) is 7.20. The lowest BCUT2D eigenvalue weighted by molar-refractivity contribution is -0.0119. The number of β-amino-alcohol motifs (C(OH)–C–C–N with tert-alkyl or cyclic N) is 1. The maximum absolute atomic E-state index is 9.59. The number of rotatable bonds is 6. The molecule has 1 aliphatic heterocycles. The Labute approximate surface area is 93.4 Å². The molecule has 90 valence electrons. The van der Waals surface area contributed by atoms with Crippen LogP contribution in [0.3, 0.4) is 0 Å². The molecule has 0 aromatic carbocycles. The Morgan fingerprint density at radius 1 is 1.47 bits per heavy atom. The van der Waals surface area contributed by atoms with Gasteiger partial charge in [-0.15, -0.1) is 0 Å². The van der Waals surface area contributed by atoms with E-state index in [0.29, 0.717) is 6.10 Å². The third-order valence-electron chi connectivity index (χ3n) is 2.96. The second-order valence-corrected chi connectivity index (χ2v) is 4.46. The number of aliphatic hydroxyl groups excluding tert-OH is 1. The molecule has 0 aliphatic carbocycles. The van der Waals surface area contributed by atoms with Crippen LogP contribution in [0.2, 0.25) is 0 Å². The molecule has 0 aromatic heterocycles. The monoisotopic (exact) mass is 215 g/mol. The maximum Gasteiger partial charge on any atom is 0.0702 e. The SMILES string of the molecule is CCCOC1CCCN(C[C@H](O)CC)C1. The van der Waals surface area contributed by atoms with E-state index in [2.05, 4.69) is 11.8 Å². The largest absolute Gasteiger partial charge is 0.392 e. The van der Waals surface area contributed by atoms with Crippen LogP contribution in [0.1, 0.15) is 39.5 Å². The summed E-state index contributed by atoms with van der Waals surface area (Å²) in [7, 11) is 0. The predicted octanol–water partition coefficient (Wildman–Crippen LogP) is 1.65. The highest BCUT2D eigenvalue weighted by Crippen LogP contribution is 2.14. The minimum atomic E-state index is -0.171. The van der Waals surface area contributed by atoms with Gasteiger partial charge in [0.15, 0.2) is 0 Å². The Morgan fingerprint density at radius 3 is 2.93 bits per heavy atom. The van der Waals surface area contributed by atoms with Crippen molar-refractivity contribution in [3.05, 3.63) is 0 Å². The van der Waals surface area contributed by atoms with Crippen LogP contribution >= 0.6 is 0 Å². The maximum atomic E-state index is 9.59. The Balaban J connectivity index is 2.22. The molecule has 1 fully saturated rings. The number of hydrogen-bond donors (Lipinski definition) is 1. The highest BCUT2D eigenvalue weighted by molar-refractivity contribution is 4.75. The van der Waals surface area contributed by atoms with E-state index in [4.69, 9.17) is 4.74 Å². The van der Waals surface area contributed by atoms with Crippen LogP contribution in [0, 0.1) is 0 Å². The molecular weight excluding hydrogens is 190 g/mol. The normalized spacial score (nSPS) is 25.4. The average Bonchev–Trinajstić information content (AvgIpc) is 2.26. The van der Waals surface area contributed by atoms with Crippen molar-refractivity contribution in [2.24, 2.45) is 0 Å². The number of nitrogens with zero attached hydrogens (tertiary/aromatic N) is 1. The van der Waals surface area contributed by atoms with Crippen molar-refractivity contribution in [2.45, 2.75) is 51.7 Å². The fourth-order valence-corrected chi connectivity index (χ4v) is 2.03. The number of likely N-dealkylation sites (tertiary alicyclic amines) is 1. The lowest BCUT2D eigenvalue weighted by atomic mass is 10.1. The van der Waals surface area contributed by atoms with Gasteiger partial charge in [-0.2, -0.15) is 0 Å². The van der Waals surface area contributed by atoms with Gasteiger partial charge >= 0.3 is 0 Å². The quantitative estimate of drug-likeness (QED) is 0.731. The van der Waals surface area contributed by atoms with E-state index in [1.54, 1.807) is 0 Å². The smallest absolute Gasteiger partial charge is 0.0702 e. The summed E-state index contributed by atoms with van der Waals surface area (Å²) >= 11 is 0. The van der Waals surface area contributed by atoms with Crippen molar-refractivity contribution >= 4 is 0 Å². The molecule has 15 heavy (non-hydrogen) atoms. The number of hydrogen-bond acceptors (Lipinski definition) is 3. The Hall–Kier alpha value is -0.120. The average molecular weight is 215 g/mol. The van der Waals surface area contributed by atoms with Crippen LogP contribution in [0.5, 0.6) is 0 Å². The van der Waals surface area contributed by atoms with Crippen molar-refractivity contribution in [1.29, 1.82) is 0 Å². The van der Waals surface area contributed by atoms with Crippen LogP contribution in [0.15, 0.2) is 0 Å². The minimum absolute atomic E-state index is 0.171. The predicted molar refractivity (Wildman–Crippen MR) is 62.0 cm³/mol. The summed E-state index contributed by atoms with van der Waals surface area (Å²) in [6.07, 6.45) is 4.53. The molecule has 1 unspecified atom stereocenters. The molecular formula is C12H25NO2. The van der Waals surface area contributed by atoms with Gasteiger partial charge < -0.3 is 9.84 Å². The van der Waals surface area contributed by atoms with Gasteiger partial charge in [-0.3, -0.25) is 4.90 Å². The van der Waals surface area contributed by atoms with Gasteiger partial charge in [0, 0.05) is 19.7 Å². The summed E-state index contributed by atoms with van der Waals surface area (Å²) < 4.78 is 5.75. The Morgan fingerprint density at radius 2 is 2.27 bits per heavy atom. The summed E-state index contributed by atoms with van der Waals surface area (Å²) in [5.74, 6) is 0. The number of piperidine rings is 1. The van der Waals surface area contributed by atoms with E-state index in [0.717, 1.165) is 39.1 Å². The van der Waals surface area contributed by atoms with Crippen LogP contribution < -0.4 is 0 Å². The molecule has 1 aliphatic rings. The van der Waals surface area contributed by atoms with E-state index in [-0.39, 0.29) is 6.10 Å². The lowest BCUT2D eigenvalue weighted by Crippen LogP contribution is -2.43. The minimum Gasteiger partial charge on any atom is -0.392 e. The van der Waals surface area contributed by atoms with Gasteiger partial charge in [-0.05, 0) is 32.2 Å². The molecule has 1 saturated heterocycles. The molecule has 3 heteroatoms. The van der Waals surface area contributed by atoms with Crippen LogP contribution in [0.4, 0.5) is 0 Å². The first-order valence-electron chi connectivity index (χ1n) is 6.28. The Kier molecular flexibility index (Phi) is 6.22. The molecule has 0 saturated carbocycles. The third kappa shape index (κ3) is 4.96. The summed E-state index contributed by atoms with van der Waals surface area (Å²) in [6.45, 7) is 7.96. The zero-order valence-corrected chi connectivity index (χ0v) is 10.1. The summed E-state index contributed by atoms with van der Waals surface area (Å²) in [6, 6.07) is 0. The highest BCUT2D eigenvalue weighted by Gasteiger charge is 2.21. The number of ether oxygens (including phenoxy) is 1. The van der Waals surface area contributed by atoms with Crippen molar-refractivity contribution < 1.29 is 9.84 Å². The summed E-state index contributed by atoms with van der Waals surface area (Å²) in [5.41, 5.74) is 0. The van der Waals surface area contributed by atoms with Gasteiger partial charge in [-0.1, -0.05) is 13.8 Å². The van der Waals surface area contributed by atoms with Gasteiger partial charge in [0.05, 0.1) is 12.2 Å². The summed E-state index contributed by atoms with van der Waals surface area (Å²) in [5, 5.41) is 9.59. The fourth-order valence-electron chi connectivity index (χ4n) is 2.03. The molecule has 1 rings (SSSR count). The van der Waals surface area contributed by atoms with Gasteiger partial charge in [-0.25, -0.2) is 0 Å². The highest BCUT2D eigenvalue weighted by atomic mass is 16.5. The molecule has 1 N–H and O–H groups in total. The number of aliphatic hydroxyl groups is 1. The van der Waals surface area contributed by atoms with Gasteiger partial charge in [0.25, 0.3) is 0 Å².